The molecule has 8 nitrogen and oxygen atoms in total. The van der Waals surface area contributed by atoms with Crippen molar-refractivity contribution in [3.05, 3.63) is 18.3 Å². The fourth-order valence-corrected chi connectivity index (χ4v) is 4.90. The van der Waals surface area contributed by atoms with Gasteiger partial charge < -0.3 is 19.0 Å². The number of hydrogen-bond donors (Lipinski definition) is 1. The van der Waals surface area contributed by atoms with Gasteiger partial charge in [0.15, 0.2) is 20.2 Å². The van der Waals surface area contributed by atoms with E-state index in [1.54, 1.807) is 6.33 Å². The molecule has 4 heterocycles. The Morgan fingerprint density at radius 1 is 1.33 bits per heavy atom. The molecule has 2 aromatic rings. The molecule has 148 valence electrons. The van der Waals surface area contributed by atoms with E-state index in [2.05, 4.69) is 48.8 Å². The van der Waals surface area contributed by atoms with Gasteiger partial charge in [-0.25, -0.2) is 15.0 Å². The molecule has 2 bridgehead atoms. The minimum absolute atomic E-state index is 0.0488. The first-order chi connectivity index (χ1) is 12.6. The number of aliphatic hydroxyl groups excluding tert-OH is 1. The fraction of sp³-hybridized carbons (Fsp3) is 0.722. The second kappa shape index (κ2) is 6.05. The Kier molecular flexibility index (Phi) is 4.25. The SMILES string of the molecule is Cc1ncnc2c1ncn2[C@@H]1O[C@@]2(CO)CO[C@H]1C2O[Si](C)(C)C(C)(C)C. The minimum atomic E-state index is -2.08. The van der Waals surface area contributed by atoms with E-state index in [4.69, 9.17) is 13.9 Å². The Bertz CT molecular complexity index is 865. The van der Waals surface area contributed by atoms with Crippen molar-refractivity contribution in [2.24, 2.45) is 0 Å². The van der Waals surface area contributed by atoms with Crippen molar-refractivity contribution >= 4 is 19.5 Å². The zero-order chi connectivity index (χ0) is 19.6. The summed E-state index contributed by atoms with van der Waals surface area (Å²) in [5, 5.41) is 10.2. The highest BCUT2D eigenvalue weighted by molar-refractivity contribution is 6.74. The lowest BCUT2D eigenvalue weighted by Gasteiger charge is -2.40. The molecular weight excluding hydrogens is 364 g/mol. The van der Waals surface area contributed by atoms with E-state index in [0.717, 1.165) is 11.2 Å². The lowest BCUT2D eigenvalue weighted by atomic mass is 10.0. The van der Waals surface area contributed by atoms with Crippen molar-refractivity contribution in [2.75, 3.05) is 13.2 Å². The number of imidazole rings is 1. The van der Waals surface area contributed by atoms with Crippen LogP contribution in [0.5, 0.6) is 0 Å². The van der Waals surface area contributed by atoms with Crippen LogP contribution in [0.2, 0.25) is 18.1 Å². The molecule has 0 aliphatic carbocycles. The van der Waals surface area contributed by atoms with Gasteiger partial charge in [0.2, 0.25) is 0 Å². The highest BCUT2D eigenvalue weighted by Crippen LogP contribution is 2.50. The summed E-state index contributed by atoms with van der Waals surface area (Å²) in [6.45, 7) is 13.1. The third kappa shape index (κ3) is 2.75. The predicted molar refractivity (Wildman–Crippen MR) is 102 cm³/mol. The van der Waals surface area contributed by atoms with E-state index < -0.39 is 20.1 Å². The van der Waals surface area contributed by atoms with E-state index in [9.17, 15) is 5.11 Å². The molecule has 2 aliphatic rings. The van der Waals surface area contributed by atoms with Gasteiger partial charge in [-0.15, -0.1) is 0 Å². The third-order valence-corrected chi connectivity index (χ3v) is 10.7. The Balaban J connectivity index is 1.71. The summed E-state index contributed by atoms with van der Waals surface area (Å²) in [7, 11) is -2.08. The molecule has 1 N–H and O–H groups in total. The van der Waals surface area contributed by atoms with Crippen LogP contribution in [0.1, 0.15) is 32.7 Å². The van der Waals surface area contributed by atoms with Gasteiger partial charge >= 0.3 is 0 Å². The molecule has 2 aromatic heterocycles. The summed E-state index contributed by atoms with van der Waals surface area (Å²) in [6, 6.07) is 0. The second-order valence-electron chi connectivity index (χ2n) is 9.09. The van der Waals surface area contributed by atoms with Crippen LogP contribution in [0.25, 0.3) is 11.2 Å². The number of fused-ring (bicyclic) bond motifs is 3. The number of aromatic nitrogens is 4. The standard InChI is InChI=1S/C18H28N4O4Si/c1-11-12-15(20-9-19-11)22(10-21-12)16-13-14(18(7-23,25-16)8-24-13)26-27(5,6)17(2,3)4/h9-10,13-14,16,23H,7-8H2,1-6H3/t13-,14?,16+,18-/m0/s1. The highest BCUT2D eigenvalue weighted by Gasteiger charge is 2.64. The molecule has 27 heavy (non-hydrogen) atoms. The van der Waals surface area contributed by atoms with Gasteiger partial charge in [0.05, 0.1) is 25.2 Å². The van der Waals surface area contributed by atoms with E-state index in [1.807, 2.05) is 11.5 Å². The van der Waals surface area contributed by atoms with E-state index in [1.165, 1.54) is 6.33 Å². The molecule has 4 rings (SSSR count). The minimum Gasteiger partial charge on any atom is -0.408 e. The quantitative estimate of drug-likeness (QED) is 0.797. The molecule has 4 atom stereocenters. The van der Waals surface area contributed by atoms with Crippen LogP contribution >= 0.6 is 0 Å². The zero-order valence-electron chi connectivity index (χ0n) is 16.8. The summed E-state index contributed by atoms with van der Waals surface area (Å²) in [6.07, 6.45) is 2.14. The van der Waals surface area contributed by atoms with Gasteiger partial charge in [0.25, 0.3) is 0 Å². The van der Waals surface area contributed by atoms with Crippen molar-refractivity contribution in [3.8, 4) is 0 Å². The van der Waals surface area contributed by atoms with Crippen molar-refractivity contribution in [3.63, 3.8) is 0 Å². The lowest BCUT2D eigenvalue weighted by Crippen LogP contribution is -2.52. The van der Waals surface area contributed by atoms with Crippen LogP contribution in [-0.4, -0.2) is 64.0 Å². The van der Waals surface area contributed by atoms with Gasteiger partial charge in [0, 0.05) is 0 Å². The normalized spacial score (nSPS) is 31.1. The summed E-state index contributed by atoms with van der Waals surface area (Å²) in [5.41, 5.74) is 1.39. The van der Waals surface area contributed by atoms with Crippen LogP contribution < -0.4 is 0 Å². The average Bonchev–Trinajstić information content (AvgIpc) is 3.24. The highest BCUT2D eigenvalue weighted by atomic mass is 28.4. The maximum Gasteiger partial charge on any atom is 0.192 e. The molecule has 2 saturated heterocycles. The molecule has 2 fully saturated rings. The molecule has 2 aliphatic heterocycles. The van der Waals surface area contributed by atoms with E-state index in [-0.39, 0.29) is 23.9 Å². The van der Waals surface area contributed by atoms with Gasteiger partial charge in [-0.3, -0.25) is 4.57 Å². The third-order valence-electron chi connectivity index (χ3n) is 6.28. The zero-order valence-corrected chi connectivity index (χ0v) is 17.8. The molecule has 0 saturated carbocycles. The number of aliphatic hydroxyl groups is 1. The molecular formula is C18H28N4O4Si. The van der Waals surface area contributed by atoms with Crippen molar-refractivity contribution in [1.82, 2.24) is 19.5 Å². The molecule has 0 radical (unpaired) electrons. The topological polar surface area (TPSA) is 91.5 Å². The Labute approximate surface area is 160 Å². The number of aryl methyl sites for hydroxylation is 1. The number of nitrogens with zero attached hydrogens (tertiary/aromatic N) is 4. The number of rotatable bonds is 4. The maximum atomic E-state index is 10.2. The molecule has 0 spiro atoms. The van der Waals surface area contributed by atoms with Crippen molar-refractivity contribution in [1.29, 1.82) is 0 Å². The first-order valence-corrected chi connectivity index (χ1v) is 12.2. The van der Waals surface area contributed by atoms with Crippen LogP contribution in [0, 0.1) is 6.92 Å². The molecule has 0 amide bonds. The predicted octanol–water partition coefficient (Wildman–Crippen LogP) is 2.18. The molecule has 9 heteroatoms. The number of ether oxygens (including phenoxy) is 2. The first kappa shape index (κ1) is 18.9. The van der Waals surface area contributed by atoms with Crippen LogP contribution in [-0.2, 0) is 13.9 Å². The first-order valence-electron chi connectivity index (χ1n) is 9.32. The Morgan fingerprint density at radius 3 is 2.74 bits per heavy atom. The largest absolute Gasteiger partial charge is 0.408 e. The summed E-state index contributed by atoms with van der Waals surface area (Å²) in [5.74, 6) is 0. The second-order valence-corrected chi connectivity index (χ2v) is 13.8. The monoisotopic (exact) mass is 392 g/mol. The molecule has 0 aromatic carbocycles. The van der Waals surface area contributed by atoms with Gasteiger partial charge in [-0.1, -0.05) is 20.8 Å². The molecule has 1 unspecified atom stereocenters. The lowest BCUT2D eigenvalue weighted by molar-refractivity contribution is -0.185. The van der Waals surface area contributed by atoms with Gasteiger partial charge in [-0.05, 0) is 25.1 Å². The van der Waals surface area contributed by atoms with Crippen molar-refractivity contribution in [2.45, 2.75) is 69.9 Å². The van der Waals surface area contributed by atoms with Gasteiger partial charge in [0.1, 0.15) is 29.7 Å². The van der Waals surface area contributed by atoms with E-state index in [0.29, 0.717) is 12.3 Å². The van der Waals surface area contributed by atoms with Crippen LogP contribution in [0.15, 0.2) is 12.7 Å². The van der Waals surface area contributed by atoms with Gasteiger partial charge in [-0.2, -0.15) is 0 Å². The smallest absolute Gasteiger partial charge is 0.192 e. The Morgan fingerprint density at radius 2 is 2.07 bits per heavy atom. The fourth-order valence-electron chi connectivity index (χ4n) is 3.56. The average molecular weight is 393 g/mol. The summed E-state index contributed by atoms with van der Waals surface area (Å²) >= 11 is 0. The van der Waals surface area contributed by atoms with Crippen molar-refractivity contribution < 1.29 is 19.0 Å². The van der Waals surface area contributed by atoms with Crippen LogP contribution in [0.4, 0.5) is 0 Å². The summed E-state index contributed by atoms with van der Waals surface area (Å²) in [4.78, 5) is 13.0. The Hall–Kier alpha value is -1.39. The van der Waals surface area contributed by atoms with E-state index >= 15 is 0 Å². The summed E-state index contributed by atoms with van der Waals surface area (Å²) < 4.78 is 20.9. The van der Waals surface area contributed by atoms with Crippen LogP contribution in [0.3, 0.4) is 0 Å². The number of hydrogen-bond acceptors (Lipinski definition) is 7. The maximum absolute atomic E-state index is 10.2.